The number of ether oxygens (including phenoxy) is 1. The molecule has 0 aromatic heterocycles. The van der Waals surface area contributed by atoms with Crippen LogP contribution in [0.4, 0.5) is 8.78 Å². The Morgan fingerprint density at radius 3 is 2.62 bits per heavy atom. The molecule has 0 aliphatic carbocycles. The summed E-state index contributed by atoms with van der Waals surface area (Å²) in [5.74, 6) is 0. The fourth-order valence-corrected chi connectivity index (χ4v) is 2.18. The van der Waals surface area contributed by atoms with Crippen molar-refractivity contribution >= 4 is 0 Å². The molecule has 0 spiro atoms. The summed E-state index contributed by atoms with van der Waals surface area (Å²) in [6.45, 7) is 7.40. The van der Waals surface area contributed by atoms with Crippen molar-refractivity contribution in [2.24, 2.45) is 5.41 Å². The molecule has 16 heavy (non-hydrogen) atoms. The fraction of sp³-hybridized carbons (Fsp3) is 0.833. The largest absolute Gasteiger partial charge is 0.378 e. The normalized spacial score (nSPS) is 27.6. The zero-order valence-corrected chi connectivity index (χ0v) is 10.5. The van der Waals surface area contributed by atoms with Crippen LogP contribution < -0.4 is 0 Å². The summed E-state index contributed by atoms with van der Waals surface area (Å²) >= 11 is 0. The van der Waals surface area contributed by atoms with E-state index in [0.717, 1.165) is 0 Å². The molecule has 0 N–H and O–H groups in total. The molecule has 0 amide bonds. The van der Waals surface area contributed by atoms with Crippen molar-refractivity contribution in [3.8, 4) is 0 Å². The maximum Gasteiger partial charge on any atom is 0.270 e. The number of likely N-dealkylation sites (tertiary alicyclic amines) is 1. The number of hydrogen-bond donors (Lipinski definition) is 0. The van der Waals surface area contributed by atoms with Crippen LogP contribution in [0.1, 0.15) is 27.2 Å². The summed E-state index contributed by atoms with van der Waals surface area (Å²) < 4.78 is 31.3. The molecule has 0 radical (unpaired) electrons. The minimum absolute atomic E-state index is 0.0768. The SMILES string of the molecule is CC(C)OC[C@]1(C)CN(C)CCC1=C(F)F. The molecule has 4 heteroatoms. The molecule has 1 aliphatic rings. The molecule has 2 nitrogen and oxygen atoms in total. The highest BCUT2D eigenvalue weighted by Crippen LogP contribution is 2.37. The molecule has 1 saturated heterocycles. The van der Waals surface area contributed by atoms with Crippen LogP contribution in [0.5, 0.6) is 0 Å². The predicted octanol–water partition coefficient (Wildman–Crippen LogP) is 2.90. The third kappa shape index (κ3) is 3.25. The molecular weight excluding hydrogens is 212 g/mol. The summed E-state index contributed by atoms with van der Waals surface area (Å²) in [6, 6.07) is 0. The van der Waals surface area contributed by atoms with Gasteiger partial charge in [-0.3, -0.25) is 0 Å². The Kier molecular flexibility index (Phi) is 4.44. The standard InChI is InChI=1S/C12H21F2NO/c1-9(2)16-8-12(3)7-15(4)6-5-10(12)11(13)14/h9H,5-8H2,1-4H3/t12-/m0/s1. The zero-order chi connectivity index (χ0) is 12.3. The van der Waals surface area contributed by atoms with Crippen molar-refractivity contribution < 1.29 is 13.5 Å². The number of piperidine rings is 1. The van der Waals surface area contributed by atoms with Crippen LogP contribution in [-0.2, 0) is 4.74 Å². The van der Waals surface area contributed by atoms with Gasteiger partial charge in [-0.2, -0.15) is 8.78 Å². The summed E-state index contributed by atoms with van der Waals surface area (Å²) in [5, 5.41) is 0. The molecule has 0 aromatic rings. The number of rotatable bonds is 3. The van der Waals surface area contributed by atoms with Gasteiger partial charge < -0.3 is 9.64 Å². The highest BCUT2D eigenvalue weighted by atomic mass is 19.3. The molecular formula is C12H21F2NO. The average Bonchev–Trinajstić information content (AvgIpc) is 2.14. The van der Waals surface area contributed by atoms with Crippen molar-refractivity contribution in [2.45, 2.75) is 33.3 Å². The fourth-order valence-electron chi connectivity index (χ4n) is 2.18. The van der Waals surface area contributed by atoms with Gasteiger partial charge in [0.1, 0.15) is 0 Å². The van der Waals surface area contributed by atoms with E-state index in [2.05, 4.69) is 4.90 Å². The molecule has 1 heterocycles. The molecule has 0 bridgehead atoms. The molecule has 1 rings (SSSR count). The summed E-state index contributed by atoms with van der Waals surface area (Å²) in [6.07, 6.45) is -1.01. The van der Waals surface area contributed by atoms with E-state index in [1.807, 2.05) is 27.8 Å². The lowest BCUT2D eigenvalue weighted by Gasteiger charge is -2.40. The van der Waals surface area contributed by atoms with E-state index in [4.69, 9.17) is 4.74 Å². The highest BCUT2D eigenvalue weighted by Gasteiger charge is 2.37. The van der Waals surface area contributed by atoms with E-state index in [-0.39, 0.29) is 11.7 Å². The Morgan fingerprint density at radius 2 is 2.12 bits per heavy atom. The van der Waals surface area contributed by atoms with Gasteiger partial charge in [0.2, 0.25) is 0 Å². The molecule has 1 fully saturated rings. The Bertz CT molecular complexity index is 274. The van der Waals surface area contributed by atoms with Crippen LogP contribution >= 0.6 is 0 Å². The van der Waals surface area contributed by atoms with Gasteiger partial charge in [-0.25, -0.2) is 0 Å². The first kappa shape index (κ1) is 13.6. The highest BCUT2D eigenvalue weighted by molar-refractivity contribution is 5.18. The van der Waals surface area contributed by atoms with Gasteiger partial charge in [-0.15, -0.1) is 0 Å². The third-order valence-electron chi connectivity index (χ3n) is 3.05. The van der Waals surface area contributed by atoms with Gasteiger partial charge in [-0.05, 0) is 27.3 Å². The molecule has 1 aliphatic heterocycles. The van der Waals surface area contributed by atoms with Gasteiger partial charge in [0, 0.05) is 24.1 Å². The second-order valence-electron chi connectivity index (χ2n) is 5.15. The number of halogens is 2. The van der Waals surface area contributed by atoms with Crippen LogP contribution in [0.25, 0.3) is 0 Å². The van der Waals surface area contributed by atoms with Crippen molar-refractivity contribution in [1.82, 2.24) is 4.90 Å². The smallest absolute Gasteiger partial charge is 0.270 e. The minimum Gasteiger partial charge on any atom is -0.378 e. The van der Waals surface area contributed by atoms with E-state index in [0.29, 0.717) is 26.1 Å². The van der Waals surface area contributed by atoms with E-state index >= 15 is 0 Å². The lowest BCUT2D eigenvalue weighted by Crippen LogP contribution is -2.44. The van der Waals surface area contributed by atoms with Gasteiger partial charge in [0.25, 0.3) is 6.08 Å². The zero-order valence-electron chi connectivity index (χ0n) is 10.5. The van der Waals surface area contributed by atoms with Crippen molar-refractivity contribution in [3.63, 3.8) is 0 Å². The summed E-state index contributed by atoms with van der Waals surface area (Å²) in [7, 11) is 1.96. The molecule has 0 saturated carbocycles. The van der Waals surface area contributed by atoms with Gasteiger partial charge in [0.05, 0.1) is 12.7 Å². The average molecular weight is 233 g/mol. The van der Waals surface area contributed by atoms with Crippen LogP contribution in [0.3, 0.4) is 0 Å². The van der Waals surface area contributed by atoms with Gasteiger partial charge in [0.15, 0.2) is 0 Å². The van der Waals surface area contributed by atoms with Gasteiger partial charge >= 0.3 is 0 Å². The summed E-state index contributed by atoms with van der Waals surface area (Å²) in [5.41, 5.74) is -0.276. The first-order valence-electron chi connectivity index (χ1n) is 5.70. The second kappa shape index (κ2) is 5.23. The second-order valence-corrected chi connectivity index (χ2v) is 5.15. The maximum atomic E-state index is 12.9. The number of nitrogens with zero attached hydrogens (tertiary/aromatic N) is 1. The van der Waals surface area contributed by atoms with E-state index in [1.165, 1.54) is 0 Å². The van der Waals surface area contributed by atoms with Gasteiger partial charge in [-0.1, -0.05) is 6.92 Å². The Labute approximate surface area is 96.3 Å². The van der Waals surface area contributed by atoms with E-state index < -0.39 is 11.5 Å². The maximum absolute atomic E-state index is 12.9. The lowest BCUT2D eigenvalue weighted by molar-refractivity contribution is 0.00490. The first-order valence-corrected chi connectivity index (χ1v) is 5.70. The predicted molar refractivity (Wildman–Crippen MR) is 60.6 cm³/mol. The Balaban J connectivity index is 2.81. The molecule has 0 unspecified atom stereocenters. The lowest BCUT2D eigenvalue weighted by atomic mass is 9.78. The van der Waals surface area contributed by atoms with Crippen LogP contribution in [0.15, 0.2) is 11.7 Å². The van der Waals surface area contributed by atoms with Crippen molar-refractivity contribution in [3.05, 3.63) is 11.7 Å². The topological polar surface area (TPSA) is 12.5 Å². The molecule has 1 atom stereocenters. The van der Waals surface area contributed by atoms with E-state index in [9.17, 15) is 8.78 Å². The van der Waals surface area contributed by atoms with E-state index in [1.54, 1.807) is 0 Å². The van der Waals surface area contributed by atoms with Crippen LogP contribution in [0, 0.1) is 5.41 Å². The Morgan fingerprint density at radius 1 is 1.50 bits per heavy atom. The minimum atomic E-state index is -1.53. The Hall–Kier alpha value is -0.480. The third-order valence-corrected chi connectivity index (χ3v) is 3.05. The first-order chi connectivity index (χ1) is 7.35. The van der Waals surface area contributed by atoms with Crippen molar-refractivity contribution in [1.29, 1.82) is 0 Å². The summed E-state index contributed by atoms with van der Waals surface area (Å²) in [4.78, 5) is 2.08. The monoisotopic (exact) mass is 233 g/mol. The van der Waals surface area contributed by atoms with Crippen LogP contribution in [-0.4, -0.2) is 37.7 Å². The van der Waals surface area contributed by atoms with Crippen LogP contribution in [0.2, 0.25) is 0 Å². The van der Waals surface area contributed by atoms with Crippen molar-refractivity contribution in [2.75, 3.05) is 26.7 Å². The number of hydrogen-bond acceptors (Lipinski definition) is 2. The molecule has 94 valence electrons. The molecule has 0 aromatic carbocycles. The quantitative estimate of drug-likeness (QED) is 0.743.